The zero-order chi connectivity index (χ0) is 18.4. The topological polar surface area (TPSA) is 88.2 Å². The number of rotatable bonds is 6. The molecule has 0 bridgehead atoms. The number of pyridine rings is 1. The van der Waals surface area contributed by atoms with E-state index in [1.165, 1.54) is 18.2 Å². The Kier molecular flexibility index (Phi) is 6.06. The van der Waals surface area contributed by atoms with Gasteiger partial charge in [0.1, 0.15) is 5.82 Å². The summed E-state index contributed by atoms with van der Waals surface area (Å²) in [7, 11) is -3.51. The summed E-state index contributed by atoms with van der Waals surface area (Å²) in [4.78, 5) is 16.2. The van der Waals surface area contributed by atoms with Crippen LogP contribution in [0.4, 0.5) is 5.82 Å². The van der Waals surface area contributed by atoms with Crippen LogP contribution in [0.1, 0.15) is 25.0 Å². The highest BCUT2D eigenvalue weighted by atomic mass is 32.2. The molecule has 2 rings (SSSR count). The van der Waals surface area contributed by atoms with Gasteiger partial charge in [0, 0.05) is 18.3 Å². The maximum Gasteiger partial charge on any atom is 0.249 e. The predicted octanol–water partition coefficient (Wildman–Crippen LogP) is 2.73. The second-order valence-electron chi connectivity index (χ2n) is 5.84. The monoisotopic (exact) mass is 359 g/mol. The lowest BCUT2D eigenvalue weighted by molar-refractivity contribution is -0.111. The van der Waals surface area contributed by atoms with E-state index in [0.29, 0.717) is 5.82 Å². The van der Waals surface area contributed by atoms with Crippen LogP contribution >= 0.6 is 0 Å². The van der Waals surface area contributed by atoms with Gasteiger partial charge in [0.05, 0.1) is 4.90 Å². The number of sulfonamides is 1. The zero-order valence-corrected chi connectivity index (χ0v) is 15.2. The molecular formula is C18H21N3O3S. The molecule has 0 atom stereocenters. The lowest BCUT2D eigenvalue weighted by Gasteiger charge is -2.09. The Morgan fingerprint density at radius 2 is 1.84 bits per heavy atom. The number of hydrogen-bond acceptors (Lipinski definition) is 4. The van der Waals surface area contributed by atoms with Gasteiger partial charge in [-0.1, -0.05) is 18.2 Å². The van der Waals surface area contributed by atoms with Gasteiger partial charge in [-0.2, -0.15) is 0 Å². The summed E-state index contributed by atoms with van der Waals surface area (Å²) >= 11 is 0. The molecule has 0 aliphatic carbocycles. The van der Waals surface area contributed by atoms with E-state index in [4.69, 9.17) is 0 Å². The molecule has 0 unspecified atom stereocenters. The maximum absolute atomic E-state index is 12.1. The molecule has 0 spiro atoms. The molecular weight excluding hydrogens is 338 g/mol. The van der Waals surface area contributed by atoms with E-state index in [0.717, 1.165) is 11.1 Å². The number of aromatic nitrogens is 1. The first-order valence-corrected chi connectivity index (χ1v) is 9.29. The van der Waals surface area contributed by atoms with Crippen LogP contribution in [-0.4, -0.2) is 25.4 Å². The van der Waals surface area contributed by atoms with Crippen molar-refractivity contribution >= 4 is 27.8 Å². The summed E-state index contributed by atoms with van der Waals surface area (Å²) in [6, 6.07) is 9.77. The van der Waals surface area contributed by atoms with Crippen LogP contribution in [0.5, 0.6) is 0 Å². The van der Waals surface area contributed by atoms with E-state index in [-0.39, 0.29) is 16.8 Å². The third kappa shape index (κ3) is 5.51. The van der Waals surface area contributed by atoms with E-state index >= 15 is 0 Å². The van der Waals surface area contributed by atoms with Gasteiger partial charge < -0.3 is 5.32 Å². The number of carbonyl (C=O) groups excluding carboxylic acids is 1. The SMILES string of the molecule is Cc1cccnc1NC(=O)/C=C/c1ccc(S(=O)(=O)NC(C)C)cc1. The molecule has 0 aliphatic heterocycles. The molecule has 0 fully saturated rings. The van der Waals surface area contributed by atoms with Gasteiger partial charge in [-0.25, -0.2) is 18.1 Å². The maximum atomic E-state index is 12.1. The largest absolute Gasteiger partial charge is 0.307 e. The summed E-state index contributed by atoms with van der Waals surface area (Å²) in [6.07, 6.45) is 4.60. The highest BCUT2D eigenvalue weighted by Crippen LogP contribution is 2.13. The van der Waals surface area contributed by atoms with Crippen LogP contribution in [0.15, 0.2) is 53.6 Å². The summed E-state index contributed by atoms with van der Waals surface area (Å²) in [6.45, 7) is 5.38. The number of nitrogens with zero attached hydrogens (tertiary/aromatic N) is 1. The predicted molar refractivity (Wildman–Crippen MR) is 98.5 cm³/mol. The molecule has 0 saturated carbocycles. The second kappa shape index (κ2) is 8.04. The van der Waals surface area contributed by atoms with Gasteiger partial charge in [-0.05, 0) is 56.2 Å². The average Bonchev–Trinajstić information content (AvgIpc) is 2.54. The van der Waals surface area contributed by atoms with Crippen molar-refractivity contribution in [2.75, 3.05) is 5.32 Å². The molecule has 1 aromatic heterocycles. The fourth-order valence-electron chi connectivity index (χ4n) is 2.08. The van der Waals surface area contributed by atoms with Crippen molar-refractivity contribution in [1.29, 1.82) is 0 Å². The summed E-state index contributed by atoms with van der Waals surface area (Å²) < 4.78 is 26.6. The summed E-state index contributed by atoms with van der Waals surface area (Å²) in [5, 5.41) is 2.69. The minimum absolute atomic E-state index is 0.177. The first-order chi connectivity index (χ1) is 11.8. The molecule has 2 aromatic rings. The Morgan fingerprint density at radius 3 is 2.44 bits per heavy atom. The van der Waals surface area contributed by atoms with E-state index in [1.807, 2.05) is 13.0 Å². The van der Waals surface area contributed by atoms with E-state index < -0.39 is 10.0 Å². The lowest BCUT2D eigenvalue weighted by Crippen LogP contribution is -2.30. The Hall–Kier alpha value is -2.51. The molecule has 1 heterocycles. The normalized spacial score (nSPS) is 11.8. The third-order valence-electron chi connectivity index (χ3n) is 3.26. The fraction of sp³-hybridized carbons (Fsp3) is 0.222. The molecule has 1 aromatic carbocycles. The quantitative estimate of drug-likeness (QED) is 0.776. The molecule has 132 valence electrons. The Morgan fingerprint density at radius 1 is 1.16 bits per heavy atom. The Labute approximate surface area is 148 Å². The van der Waals surface area contributed by atoms with Gasteiger partial charge >= 0.3 is 0 Å². The van der Waals surface area contributed by atoms with E-state index in [9.17, 15) is 13.2 Å². The Balaban J connectivity index is 2.04. The number of nitrogens with one attached hydrogen (secondary N) is 2. The summed E-state index contributed by atoms with van der Waals surface area (Å²) in [5.41, 5.74) is 1.59. The minimum Gasteiger partial charge on any atom is -0.307 e. The van der Waals surface area contributed by atoms with Crippen LogP contribution in [0, 0.1) is 6.92 Å². The Bertz CT molecular complexity index is 873. The highest BCUT2D eigenvalue weighted by molar-refractivity contribution is 7.89. The van der Waals surface area contributed by atoms with E-state index in [1.54, 1.807) is 44.3 Å². The van der Waals surface area contributed by atoms with Crippen LogP contribution in [0.3, 0.4) is 0 Å². The van der Waals surface area contributed by atoms with Crippen LogP contribution in [0.25, 0.3) is 6.08 Å². The minimum atomic E-state index is -3.51. The number of carbonyl (C=O) groups is 1. The molecule has 0 saturated heterocycles. The summed E-state index contributed by atoms with van der Waals surface area (Å²) in [5.74, 6) is 0.207. The van der Waals surface area contributed by atoms with Crippen LogP contribution in [-0.2, 0) is 14.8 Å². The smallest absolute Gasteiger partial charge is 0.249 e. The van der Waals surface area contributed by atoms with E-state index in [2.05, 4.69) is 15.0 Å². The standard InChI is InChI=1S/C18H21N3O3S/c1-13(2)21-25(23,24)16-9-6-15(7-10-16)8-11-17(22)20-18-14(3)5-4-12-19-18/h4-13,21H,1-3H3,(H,19,20,22)/b11-8+. The molecule has 25 heavy (non-hydrogen) atoms. The first kappa shape index (κ1) is 18.8. The van der Waals surface area contributed by atoms with Gasteiger partial charge in [0.15, 0.2) is 0 Å². The third-order valence-corrected chi connectivity index (χ3v) is 4.93. The van der Waals surface area contributed by atoms with Gasteiger partial charge in [0.25, 0.3) is 0 Å². The fourth-order valence-corrected chi connectivity index (χ4v) is 3.33. The van der Waals surface area contributed by atoms with Crippen molar-refractivity contribution in [1.82, 2.24) is 9.71 Å². The van der Waals surface area contributed by atoms with Crippen molar-refractivity contribution in [3.63, 3.8) is 0 Å². The molecule has 6 nitrogen and oxygen atoms in total. The number of anilines is 1. The highest BCUT2D eigenvalue weighted by Gasteiger charge is 2.14. The first-order valence-electron chi connectivity index (χ1n) is 7.81. The van der Waals surface area contributed by atoms with Crippen molar-refractivity contribution < 1.29 is 13.2 Å². The van der Waals surface area contributed by atoms with Gasteiger partial charge in [-0.3, -0.25) is 4.79 Å². The van der Waals surface area contributed by atoms with Crippen molar-refractivity contribution in [3.05, 3.63) is 59.8 Å². The van der Waals surface area contributed by atoms with Crippen LogP contribution in [0.2, 0.25) is 0 Å². The van der Waals surface area contributed by atoms with Crippen molar-refractivity contribution in [2.24, 2.45) is 0 Å². The molecule has 0 aliphatic rings. The number of aryl methyl sites for hydroxylation is 1. The molecule has 1 amide bonds. The van der Waals surface area contributed by atoms with Gasteiger partial charge in [0.2, 0.25) is 15.9 Å². The number of benzene rings is 1. The molecule has 2 N–H and O–H groups in total. The molecule has 0 radical (unpaired) electrons. The number of amides is 1. The average molecular weight is 359 g/mol. The van der Waals surface area contributed by atoms with Gasteiger partial charge in [-0.15, -0.1) is 0 Å². The van der Waals surface area contributed by atoms with Crippen LogP contribution < -0.4 is 10.0 Å². The van der Waals surface area contributed by atoms with Crippen molar-refractivity contribution in [2.45, 2.75) is 31.7 Å². The van der Waals surface area contributed by atoms with Crippen molar-refractivity contribution in [3.8, 4) is 0 Å². The molecule has 7 heteroatoms. The second-order valence-corrected chi connectivity index (χ2v) is 7.55. The number of hydrogen-bond donors (Lipinski definition) is 2. The lowest BCUT2D eigenvalue weighted by atomic mass is 10.2. The zero-order valence-electron chi connectivity index (χ0n) is 14.4.